The quantitative estimate of drug-likeness (QED) is 0.815. The molecule has 6 heteroatoms. The average molecular weight is 361 g/mol. The van der Waals surface area contributed by atoms with Crippen LogP contribution in [0.1, 0.15) is 25.0 Å². The van der Waals surface area contributed by atoms with E-state index in [2.05, 4.69) is 0 Å². The highest BCUT2D eigenvalue weighted by Gasteiger charge is 2.32. The molecule has 1 aliphatic rings. The van der Waals surface area contributed by atoms with Crippen LogP contribution in [0.25, 0.3) is 0 Å². The fourth-order valence-electron chi connectivity index (χ4n) is 2.94. The molecule has 0 atom stereocenters. The Morgan fingerprint density at radius 3 is 2.77 bits per heavy atom. The molecule has 4 nitrogen and oxygen atoms in total. The number of halogens is 2. The maximum Gasteiger partial charge on any atom is 0.260 e. The van der Waals surface area contributed by atoms with Gasteiger partial charge in [0.1, 0.15) is 17.2 Å². The van der Waals surface area contributed by atoms with Crippen LogP contribution < -0.4 is 9.47 Å². The van der Waals surface area contributed by atoms with Crippen molar-refractivity contribution in [3.8, 4) is 11.5 Å². The van der Waals surface area contributed by atoms with E-state index < -0.39 is 11.6 Å². The first-order chi connectivity index (χ1) is 12.2. The number of hydrogen-bond acceptors (Lipinski definition) is 3. The summed E-state index contributed by atoms with van der Waals surface area (Å²) in [6.45, 7) is 3.82. The number of likely N-dealkylation sites (N-methyl/N-ethyl adjacent to an activating group) is 1. The summed E-state index contributed by atoms with van der Waals surface area (Å²) in [6, 6.07) is 8.89. The molecule has 0 aromatic heterocycles. The molecule has 2 aromatic carbocycles. The van der Waals surface area contributed by atoms with Gasteiger partial charge in [0.15, 0.2) is 18.1 Å². The number of ether oxygens (including phenoxy) is 2. The molecule has 0 unspecified atom stereocenters. The van der Waals surface area contributed by atoms with Crippen molar-refractivity contribution >= 4 is 5.91 Å². The lowest BCUT2D eigenvalue weighted by molar-refractivity contribution is -0.132. The lowest BCUT2D eigenvalue weighted by atomic mass is 10.0. The van der Waals surface area contributed by atoms with E-state index in [0.29, 0.717) is 11.5 Å². The van der Waals surface area contributed by atoms with Gasteiger partial charge in [-0.2, -0.15) is 0 Å². The van der Waals surface area contributed by atoms with Gasteiger partial charge in [-0.3, -0.25) is 4.79 Å². The van der Waals surface area contributed by atoms with Crippen molar-refractivity contribution in [2.75, 3.05) is 13.7 Å². The smallest absolute Gasteiger partial charge is 0.260 e. The van der Waals surface area contributed by atoms with Gasteiger partial charge in [0, 0.05) is 37.2 Å². The predicted molar refractivity (Wildman–Crippen MR) is 93.2 cm³/mol. The number of fused-ring (bicyclic) bond motifs is 1. The summed E-state index contributed by atoms with van der Waals surface area (Å²) < 4.78 is 38.2. The second kappa shape index (κ2) is 6.94. The summed E-state index contributed by atoms with van der Waals surface area (Å²) in [6.07, 6.45) is 0.775. The lowest BCUT2D eigenvalue weighted by Gasteiger charge is -2.20. The zero-order valence-electron chi connectivity index (χ0n) is 15.0. The number of amides is 1. The summed E-state index contributed by atoms with van der Waals surface area (Å²) in [4.78, 5) is 13.6. The third-order valence-corrected chi connectivity index (χ3v) is 4.25. The van der Waals surface area contributed by atoms with E-state index in [-0.39, 0.29) is 30.2 Å². The molecule has 0 N–H and O–H groups in total. The van der Waals surface area contributed by atoms with Gasteiger partial charge in [-0.15, -0.1) is 0 Å². The minimum absolute atomic E-state index is 0.0325. The number of benzene rings is 2. The predicted octanol–water partition coefficient (Wildman–Crippen LogP) is 3.72. The zero-order chi connectivity index (χ0) is 18.9. The Bertz CT molecular complexity index is 836. The molecule has 2 aromatic rings. The van der Waals surface area contributed by atoms with Gasteiger partial charge in [0.2, 0.25) is 0 Å². The molecular formula is C20H21F2NO3. The van der Waals surface area contributed by atoms with Crippen LogP contribution in [0, 0.1) is 11.6 Å². The molecule has 3 rings (SSSR count). The van der Waals surface area contributed by atoms with Crippen molar-refractivity contribution in [2.45, 2.75) is 32.4 Å². The Morgan fingerprint density at radius 1 is 1.27 bits per heavy atom. The van der Waals surface area contributed by atoms with Crippen molar-refractivity contribution in [3.63, 3.8) is 0 Å². The van der Waals surface area contributed by atoms with Crippen molar-refractivity contribution < 1.29 is 23.0 Å². The molecule has 0 aliphatic carbocycles. The summed E-state index contributed by atoms with van der Waals surface area (Å²) in [5, 5.41) is 0. The van der Waals surface area contributed by atoms with E-state index in [0.717, 1.165) is 18.1 Å². The highest BCUT2D eigenvalue weighted by atomic mass is 19.1. The zero-order valence-corrected chi connectivity index (χ0v) is 15.0. The number of para-hydroxylation sites is 1. The van der Waals surface area contributed by atoms with E-state index >= 15 is 0 Å². The highest BCUT2D eigenvalue weighted by Crippen LogP contribution is 2.41. The van der Waals surface area contributed by atoms with Crippen LogP contribution in [0.2, 0.25) is 0 Å². The van der Waals surface area contributed by atoms with E-state index in [1.54, 1.807) is 13.1 Å². The average Bonchev–Trinajstić information content (AvgIpc) is 2.89. The SMILES string of the molecule is CN(Cc1ccc(F)cc1F)C(=O)COc1cccc2c1OC(C)(C)C2. The van der Waals surface area contributed by atoms with Gasteiger partial charge >= 0.3 is 0 Å². The number of carbonyl (C=O) groups is 1. The Balaban J connectivity index is 1.62. The molecule has 0 saturated heterocycles. The second-order valence-corrected chi connectivity index (χ2v) is 7.06. The van der Waals surface area contributed by atoms with Crippen LogP contribution >= 0.6 is 0 Å². The first-order valence-corrected chi connectivity index (χ1v) is 8.37. The molecule has 26 heavy (non-hydrogen) atoms. The maximum atomic E-state index is 13.7. The van der Waals surface area contributed by atoms with Crippen molar-refractivity contribution in [3.05, 3.63) is 59.2 Å². The van der Waals surface area contributed by atoms with Crippen molar-refractivity contribution in [2.24, 2.45) is 0 Å². The molecule has 0 radical (unpaired) electrons. The monoisotopic (exact) mass is 361 g/mol. The highest BCUT2D eigenvalue weighted by molar-refractivity contribution is 5.77. The second-order valence-electron chi connectivity index (χ2n) is 7.06. The minimum Gasteiger partial charge on any atom is -0.483 e. The topological polar surface area (TPSA) is 38.8 Å². The van der Waals surface area contributed by atoms with E-state index in [1.807, 2.05) is 26.0 Å². The standard InChI is InChI=1S/C20H21F2NO3/c1-20(2)10-13-5-4-6-17(19(13)26-20)25-12-18(24)23(3)11-14-7-8-15(21)9-16(14)22/h4-9H,10-12H2,1-3H3. The molecule has 0 fully saturated rings. The van der Waals surface area contributed by atoms with Gasteiger partial charge in [-0.25, -0.2) is 8.78 Å². The van der Waals surface area contributed by atoms with Crippen molar-refractivity contribution in [1.29, 1.82) is 0 Å². The Labute approximate surface area is 151 Å². The van der Waals surface area contributed by atoms with Gasteiger partial charge in [-0.05, 0) is 26.0 Å². The summed E-state index contributed by atoms with van der Waals surface area (Å²) in [7, 11) is 1.55. The molecule has 0 saturated carbocycles. The van der Waals surface area contributed by atoms with E-state index in [1.165, 1.54) is 17.0 Å². The van der Waals surface area contributed by atoms with Gasteiger partial charge in [0.25, 0.3) is 5.91 Å². The fraction of sp³-hybridized carbons (Fsp3) is 0.350. The Kier molecular flexibility index (Phi) is 4.85. The third-order valence-electron chi connectivity index (χ3n) is 4.25. The molecule has 0 spiro atoms. The Hall–Kier alpha value is -2.63. The van der Waals surface area contributed by atoms with Crippen LogP contribution in [0.15, 0.2) is 36.4 Å². The molecule has 1 amide bonds. The van der Waals surface area contributed by atoms with Gasteiger partial charge in [-0.1, -0.05) is 18.2 Å². The van der Waals surface area contributed by atoms with E-state index in [4.69, 9.17) is 9.47 Å². The van der Waals surface area contributed by atoms with Crippen molar-refractivity contribution in [1.82, 2.24) is 4.90 Å². The largest absolute Gasteiger partial charge is 0.483 e. The number of rotatable bonds is 5. The third kappa shape index (κ3) is 3.95. The van der Waals surface area contributed by atoms with Crippen LogP contribution in [0.5, 0.6) is 11.5 Å². The normalized spacial score (nSPS) is 14.5. The number of carbonyl (C=O) groups excluding carboxylic acids is 1. The first-order valence-electron chi connectivity index (χ1n) is 8.37. The van der Waals surface area contributed by atoms with Gasteiger partial charge in [0.05, 0.1) is 0 Å². The molecule has 0 bridgehead atoms. The molecule has 1 heterocycles. The molecule has 1 aliphatic heterocycles. The summed E-state index contributed by atoms with van der Waals surface area (Å²) >= 11 is 0. The minimum atomic E-state index is -0.679. The number of hydrogen-bond donors (Lipinski definition) is 0. The summed E-state index contributed by atoms with van der Waals surface area (Å²) in [5.74, 6) is -0.463. The Morgan fingerprint density at radius 2 is 2.04 bits per heavy atom. The lowest BCUT2D eigenvalue weighted by Crippen LogP contribution is -2.31. The van der Waals surface area contributed by atoms with Gasteiger partial charge < -0.3 is 14.4 Å². The molecule has 138 valence electrons. The van der Waals surface area contributed by atoms with Crippen LogP contribution in [0.4, 0.5) is 8.78 Å². The molecular weight excluding hydrogens is 340 g/mol. The van der Waals surface area contributed by atoms with E-state index in [9.17, 15) is 13.6 Å². The maximum absolute atomic E-state index is 13.7. The number of nitrogens with zero attached hydrogens (tertiary/aromatic N) is 1. The fourth-order valence-corrected chi connectivity index (χ4v) is 2.94. The van der Waals surface area contributed by atoms with Crippen LogP contribution in [-0.2, 0) is 17.8 Å². The van der Waals surface area contributed by atoms with Crippen LogP contribution in [-0.4, -0.2) is 30.1 Å². The first kappa shape index (κ1) is 18.2. The van der Waals surface area contributed by atoms with Crippen LogP contribution in [0.3, 0.4) is 0 Å². The summed E-state index contributed by atoms with van der Waals surface area (Å²) in [5.41, 5.74) is 0.984.